The third-order valence-corrected chi connectivity index (χ3v) is 3.00. The van der Waals surface area contributed by atoms with Crippen LogP contribution in [-0.4, -0.2) is 16.2 Å². The summed E-state index contributed by atoms with van der Waals surface area (Å²) in [6.07, 6.45) is -1.75. The SMILES string of the molecule is O=C(O)C(O)c1ccc(F)c(Br)c1Cl. The van der Waals surface area contributed by atoms with Crippen molar-refractivity contribution in [3.8, 4) is 0 Å². The number of carbonyl (C=O) groups is 1. The summed E-state index contributed by atoms with van der Waals surface area (Å²) in [6.45, 7) is 0. The van der Waals surface area contributed by atoms with Crippen molar-refractivity contribution >= 4 is 33.5 Å². The molecule has 6 heteroatoms. The summed E-state index contributed by atoms with van der Waals surface area (Å²) < 4.78 is 12.8. The zero-order chi connectivity index (χ0) is 10.9. The van der Waals surface area contributed by atoms with Gasteiger partial charge in [-0.25, -0.2) is 9.18 Å². The third-order valence-electron chi connectivity index (χ3n) is 1.59. The third kappa shape index (κ3) is 2.05. The van der Waals surface area contributed by atoms with E-state index >= 15 is 0 Å². The van der Waals surface area contributed by atoms with Gasteiger partial charge >= 0.3 is 5.97 Å². The Balaban J connectivity index is 3.24. The minimum absolute atomic E-state index is 0.0487. The number of hydrogen-bond acceptors (Lipinski definition) is 2. The van der Waals surface area contributed by atoms with Crippen molar-refractivity contribution in [2.45, 2.75) is 6.10 Å². The molecular weight excluding hydrogens is 278 g/mol. The molecule has 0 saturated carbocycles. The van der Waals surface area contributed by atoms with Crippen LogP contribution < -0.4 is 0 Å². The summed E-state index contributed by atoms with van der Waals surface area (Å²) in [7, 11) is 0. The van der Waals surface area contributed by atoms with Crippen LogP contribution in [0.25, 0.3) is 0 Å². The van der Waals surface area contributed by atoms with Crippen LogP contribution in [0, 0.1) is 5.82 Å². The lowest BCUT2D eigenvalue weighted by molar-refractivity contribution is -0.146. The predicted molar refractivity (Wildman–Crippen MR) is 51.7 cm³/mol. The topological polar surface area (TPSA) is 57.5 Å². The average Bonchev–Trinajstić information content (AvgIpc) is 2.13. The van der Waals surface area contributed by atoms with Crippen molar-refractivity contribution in [2.75, 3.05) is 0 Å². The smallest absolute Gasteiger partial charge is 0.337 e. The first kappa shape index (κ1) is 11.4. The molecule has 1 aromatic rings. The molecule has 1 aromatic carbocycles. The van der Waals surface area contributed by atoms with Gasteiger partial charge in [0.15, 0.2) is 6.10 Å². The number of halogens is 3. The van der Waals surface area contributed by atoms with Crippen LogP contribution in [0.4, 0.5) is 4.39 Å². The summed E-state index contributed by atoms with van der Waals surface area (Å²) in [5.74, 6) is -2.05. The number of aliphatic hydroxyl groups excluding tert-OH is 1. The first-order valence-electron chi connectivity index (χ1n) is 3.49. The van der Waals surface area contributed by atoms with Gasteiger partial charge in [0.2, 0.25) is 0 Å². The second kappa shape index (κ2) is 4.25. The number of benzene rings is 1. The molecule has 0 heterocycles. The maximum Gasteiger partial charge on any atom is 0.337 e. The zero-order valence-corrected chi connectivity index (χ0v) is 9.01. The quantitative estimate of drug-likeness (QED) is 0.819. The van der Waals surface area contributed by atoms with E-state index < -0.39 is 17.9 Å². The zero-order valence-electron chi connectivity index (χ0n) is 6.67. The van der Waals surface area contributed by atoms with Crippen LogP contribution in [0.15, 0.2) is 16.6 Å². The fraction of sp³-hybridized carbons (Fsp3) is 0.125. The summed E-state index contributed by atoms with van der Waals surface area (Å²) in [4.78, 5) is 10.4. The van der Waals surface area contributed by atoms with Crippen LogP contribution >= 0.6 is 27.5 Å². The highest BCUT2D eigenvalue weighted by Crippen LogP contribution is 2.32. The Kier molecular flexibility index (Phi) is 3.47. The molecule has 1 rings (SSSR count). The van der Waals surface area contributed by atoms with Crippen LogP contribution in [-0.2, 0) is 4.79 Å². The van der Waals surface area contributed by atoms with E-state index in [1.807, 2.05) is 0 Å². The first-order chi connectivity index (χ1) is 6.45. The van der Waals surface area contributed by atoms with E-state index in [0.717, 1.165) is 12.1 Å². The Morgan fingerprint density at radius 3 is 2.64 bits per heavy atom. The number of rotatable bonds is 2. The molecule has 0 aliphatic rings. The van der Waals surface area contributed by atoms with Gasteiger partial charge in [-0.3, -0.25) is 0 Å². The van der Waals surface area contributed by atoms with Crippen molar-refractivity contribution in [1.82, 2.24) is 0 Å². The van der Waals surface area contributed by atoms with Crippen LogP contribution in [0.5, 0.6) is 0 Å². The lowest BCUT2D eigenvalue weighted by Gasteiger charge is -2.09. The van der Waals surface area contributed by atoms with Gasteiger partial charge in [0.25, 0.3) is 0 Å². The largest absolute Gasteiger partial charge is 0.479 e. The monoisotopic (exact) mass is 282 g/mol. The molecule has 0 radical (unpaired) electrons. The molecule has 0 fully saturated rings. The maximum atomic E-state index is 12.9. The van der Waals surface area contributed by atoms with E-state index in [4.69, 9.17) is 21.8 Å². The molecule has 0 aliphatic carbocycles. The first-order valence-corrected chi connectivity index (χ1v) is 4.66. The number of hydrogen-bond donors (Lipinski definition) is 2. The molecule has 0 spiro atoms. The molecule has 3 nitrogen and oxygen atoms in total. The minimum Gasteiger partial charge on any atom is -0.479 e. The van der Waals surface area contributed by atoms with E-state index in [0.29, 0.717) is 0 Å². The molecule has 0 bridgehead atoms. The summed E-state index contributed by atoms with van der Waals surface area (Å²) >= 11 is 8.46. The normalized spacial score (nSPS) is 12.6. The van der Waals surface area contributed by atoms with Crippen molar-refractivity contribution in [3.05, 3.63) is 33.0 Å². The molecule has 2 N–H and O–H groups in total. The lowest BCUT2D eigenvalue weighted by Crippen LogP contribution is -2.11. The van der Waals surface area contributed by atoms with E-state index in [9.17, 15) is 9.18 Å². The van der Waals surface area contributed by atoms with Gasteiger partial charge < -0.3 is 10.2 Å². The van der Waals surface area contributed by atoms with Crippen LogP contribution in [0.2, 0.25) is 5.02 Å². The highest BCUT2D eigenvalue weighted by Gasteiger charge is 2.21. The fourth-order valence-corrected chi connectivity index (χ4v) is 1.50. The number of aliphatic carboxylic acids is 1. The van der Waals surface area contributed by atoms with E-state index in [-0.39, 0.29) is 15.1 Å². The van der Waals surface area contributed by atoms with Crippen molar-refractivity contribution in [1.29, 1.82) is 0 Å². The summed E-state index contributed by atoms with van der Waals surface area (Å²) in [5, 5.41) is 17.5. The highest BCUT2D eigenvalue weighted by molar-refractivity contribution is 9.10. The van der Waals surface area contributed by atoms with E-state index in [2.05, 4.69) is 15.9 Å². The number of carboxylic acids is 1. The lowest BCUT2D eigenvalue weighted by atomic mass is 10.1. The highest BCUT2D eigenvalue weighted by atomic mass is 79.9. The van der Waals surface area contributed by atoms with Gasteiger partial charge in [-0.05, 0) is 22.0 Å². The van der Waals surface area contributed by atoms with Crippen molar-refractivity contribution < 1.29 is 19.4 Å². The van der Waals surface area contributed by atoms with E-state index in [1.54, 1.807) is 0 Å². The molecule has 14 heavy (non-hydrogen) atoms. The molecule has 76 valence electrons. The Morgan fingerprint density at radius 1 is 1.57 bits per heavy atom. The second-order valence-electron chi connectivity index (χ2n) is 2.51. The molecule has 0 aliphatic heterocycles. The maximum absolute atomic E-state index is 12.9. The Hall–Kier alpha value is -0.650. The second-order valence-corrected chi connectivity index (χ2v) is 3.68. The minimum atomic E-state index is -1.75. The van der Waals surface area contributed by atoms with Crippen molar-refractivity contribution in [2.24, 2.45) is 0 Å². The van der Waals surface area contributed by atoms with Crippen LogP contribution in [0.1, 0.15) is 11.7 Å². The Labute approximate surface area is 92.2 Å². The molecule has 1 unspecified atom stereocenters. The molecule has 1 atom stereocenters. The fourth-order valence-electron chi connectivity index (χ4n) is 0.885. The van der Waals surface area contributed by atoms with Gasteiger partial charge in [-0.1, -0.05) is 17.7 Å². The molecule has 0 saturated heterocycles. The molecule has 0 aromatic heterocycles. The molecule has 0 amide bonds. The Morgan fingerprint density at radius 2 is 2.14 bits per heavy atom. The van der Waals surface area contributed by atoms with Gasteiger partial charge in [0.1, 0.15) is 5.82 Å². The van der Waals surface area contributed by atoms with Gasteiger partial charge in [0, 0.05) is 5.56 Å². The summed E-state index contributed by atoms with van der Waals surface area (Å²) in [5.41, 5.74) is -0.0487. The van der Waals surface area contributed by atoms with Crippen LogP contribution in [0.3, 0.4) is 0 Å². The van der Waals surface area contributed by atoms with Gasteiger partial charge in [-0.2, -0.15) is 0 Å². The Bertz CT molecular complexity index is 383. The van der Waals surface area contributed by atoms with Gasteiger partial charge in [0.05, 0.1) is 9.50 Å². The number of aliphatic hydroxyl groups is 1. The molecular formula is C8H5BrClFO3. The predicted octanol–water partition coefficient (Wildman–Crippen LogP) is 2.36. The standard InChI is InChI=1S/C8H5BrClFO3/c9-5-4(11)2-1-3(6(5)10)7(12)8(13)14/h1-2,7,12H,(H,13,14). The summed E-state index contributed by atoms with van der Waals surface area (Å²) in [6, 6.07) is 2.15. The number of carboxylic acid groups (broad SMARTS) is 1. The average molecular weight is 283 g/mol. The van der Waals surface area contributed by atoms with E-state index in [1.165, 1.54) is 0 Å². The van der Waals surface area contributed by atoms with Crippen molar-refractivity contribution in [3.63, 3.8) is 0 Å². The van der Waals surface area contributed by atoms with Gasteiger partial charge in [-0.15, -0.1) is 0 Å².